The lowest BCUT2D eigenvalue weighted by atomic mass is 10.2. The molecule has 1 aromatic heterocycles. The van der Waals surface area contributed by atoms with Gasteiger partial charge in [0, 0.05) is 25.7 Å². The summed E-state index contributed by atoms with van der Waals surface area (Å²) in [6.45, 7) is 5.11. The molecular formula is C18H26N6O3S. The highest BCUT2D eigenvalue weighted by Gasteiger charge is 2.19. The van der Waals surface area contributed by atoms with Gasteiger partial charge in [-0.05, 0) is 38.1 Å². The molecule has 2 N–H and O–H groups in total. The Bertz CT molecular complexity index is 804. The number of methoxy groups -OCH3 is 1. The number of hydrogen-bond donors (Lipinski definition) is 1. The second-order valence-corrected chi connectivity index (χ2v) is 6.95. The molecule has 152 valence electrons. The van der Waals surface area contributed by atoms with Crippen molar-refractivity contribution in [2.24, 2.45) is 0 Å². The Labute approximate surface area is 168 Å². The fourth-order valence-electron chi connectivity index (χ4n) is 2.52. The molecule has 0 fully saturated rings. The van der Waals surface area contributed by atoms with E-state index < -0.39 is 0 Å². The quantitative estimate of drug-likeness (QED) is 0.491. The molecule has 0 aliphatic carbocycles. The van der Waals surface area contributed by atoms with E-state index >= 15 is 0 Å². The molecule has 0 saturated heterocycles. The molecule has 0 unspecified atom stereocenters. The second kappa shape index (κ2) is 9.98. The standard InChI is InChI=1S/C18H26N6O3S/c1-5-23(6-2)15(25)11-22(3)16(26)12-28-18-21-20-17(24(18)19)13-7-9-14(27-4)10-8-13/h7-10H,5-6,11-12,19H2,1-4H3. The number of carbonyl (C=O) groups excluding carboxylic acids is 2. The van der Waals surface area contributed by atoms with Crippen LogP contribution in [0.1, 0.15) is 13.8 Å². The summed E-state index contributed by atoms with van der Waals surface area (Å²) < 4.78 is 6.48. The Balaban J connectivity index is 1.96. The van der Waals surface area contributed by atoms with Crippen molar-refractivity contribution in [3.05, 3.63) is 24.3 Å². The maximum atomic E-state index is 12.3. The first-order valence-electron chi connectivity index (χ1n) is 8.90. The SMILES string of the molecule is CCN(CC)C(=O)CN(C)C(=O)CSc1nnc(-c2ccc(OC)cc2)n1N. The number of amides is 2. The van der Waals surface area contributed by atoms with Crippen molar-refractivity contribution >= 4 is 23.6 Å². The third-order valence-electron chi connectivity index (χ3n) is 4.25. The molecule has 2 aromatic rings. The summed E-state index contributed by atoms with van der Waals surface area (Å²) in [5, 5.41) is 8.57. The van der Waals surface area contributed by atoms with Crippen molar-refractivity contribution in [3.63, 3.8) is 0 Å². The van der Waals surface area contributed by atoms with Crippen LogP contribution in [0.15, 0.2) is 29.4 Å². The summed E-state index contributed by atoms with van der Waals surface area (Å²) in [7, 11) is 3.21. The van der Waals surface area contributed by atoms with E-state index in [1.807, 2.05) is 38.1 Å². The van der Waals surface area contributed by atoms with Crippen LogP contribution in [0, 0.1) is 0 Å². The van der Waals surface area contributed by atoms with Gasteiger partial charge in [-0.2, -0.15) is 0 Å². The number of hydrogen-bond acceptors (Lipinski definition) is 7. The molecule has 0 spiro atoms. The van der Waals surface area contributed by atoms with E-state index in [4.69, 9.17) is 10.6 Å². The molecular weight excluding hydrogens is 380 g/mol. The fourth-order valence-corrected chi connectivity index (χ4v) is 3.31. The van der Waals surface area contributed by atoms with Crippen LogP contribution in [0.4, 0.5) is 0 Å². The van der Waals surface area contributed by atoms with Gasteiger partial charge in [-0.3, -0.25) is 9.59 Å². The van der Waals surface area contributed by atoms with E-state index in [1.54, 1.807) is 19.1 Å². The molecule has 28 heavy (non-hydrogen) atoms. The number of nitrogen functional groups attached to an aromatic ring is 1. The first kappa shape index (κ1) is 21.5. The molecule has 0 saturated carbocycles. The first-order valence-corrected chi connectivity index (χ1v) is 9.89. The number of rotatable bonds is 9. The summed E-state index contributed by atoms with van der Waals surface area (Å²) in [5.74, 6) is 7.15. The van der Waals surface area contributed by atoms with Crippen molar-refractivity contribution < 1.29 is 14.3 Å². The van der Waals surface area contributed by atoms with Crippen molar-refractivity contribution in [2.75, 3.05) is 45.4 Å². The van der Waals surface area contributed by atoms with Crippen LogP contribution in [0.2, 0.25) is 0 Å². The molecule has 1 aromatic carbocycles. The Morgan fingerprint density at radius 3 is 2.36 bits per heavy atom. The highest BCUT2D eigenvalue weighted by Crippen LogP contribution is 2.23. The normalized spacial score (nSPS) is 10.6. The molecule has 2 amide bonds. The number of benzene rings is 1. The molecule has 0 atom stereocenters. The minimum absolute atomic E-state index is 0.0491. The van der Waals surface area contributed by atoms with E-state index in [0.29, 0.717) is 24.1 Å². The van der Waals surface area contributed by atoms with E-state index in [0.717, 1.165) is 11.3 Å². The summed E-state index contributed by atoms with van der Waals surface area (Å²) in [6, 6.07) is 7.28. The van der Waals surface area contributed by atoms with Gasteiger partial charge in [0.05, 0.1) is 19.4 Å². The number of ether oxygens (including phenoxy) is 1. The van der Waals surface area contributed by atoms with Crippen LogP contribution in [-0.2, 0) is 9.59 Å². The Morgan fingerprint density at radius 1 is 1.14 bits per heavy atom. The van der Waals surface area contributed by atoms with Crippen LogP contribution >= 0.6 is 11.8 Å². The fraction of sp³-hybridized carbons (Fsp3) is 0.444. The second-order valence-electron chi connectivity index (χ2n) is 6.01. The molecule has 9 nitrogen and oxygen atoms in total. The molecule has 0 aliphatic heterocycles. The number of thioether (sulfide) groups is 1. The van der Waals surface area contributed by atoms with Gasteiger partial charge < -0.3 is 20.4 Å². The highest BCUT2D eigenvalue weighted by molar-refractivity contribution is 7.99. The number of nitrogens with zero attached hydrogens (tertiary/aromatic N) is 5. The summed E-state index contributed by atoms with van der Waals surface area (Å²) in [6.07, 6.45) is 0. The average Bonchev–Trinajstić information content (AvgIpc) is 3.07. The summed E-state index contributed by atoms with van der Waals surface area (Å²) in [5.41, 5.74) is 0.788. The molecule has 1 heterocycles. The maximum Gasteiger partial charge on any atom is 0.242 e. The zero-order valence-electron chi connectivity index (χ0n) is 16.6. The van der Waals surface area contributed by atoms with Gasteiger partial charge in [0.25, 0.3) is 0 Å². The largest absolute Gasteiger partial charge is 0.497 e. The van der Waals surface area contributed by atoms with Crippen molar-refractivity contribution in [1.29, 1.82) is 0 Å². The highest BCUT2D eigenvalue weighted by atomic mass is 32.2. The topological polar surface area (TPSA) is 107 Å². The van der Waals surface area contributed by atoms with Crippen LogP contribution in [0.3, 0.4) is 0 Å². The molecule has 0 radical (unpaired) electrons. The van der Waals surface area contributed by atoms with Gasteiger partial charge >= 0.3 is 0 Å². The van der Waals surface area contributed by atoms with E-state index in [-0.39, 0.29) is 24.1 Å². The Hall–Kier alpha value is -2.75. The Kier molecular flexibility index (Phi) is 7.68. The minimum atomic E-state index is -0.181. The van der Waals surface area contributed by atoms with Gasteiger partial charge in [-0.15, -0.1) is 10.2 Å². The summed E-state index contributed by atoms with van der Waals surface area (Å²) >= 11 is 1.18. The molecule has 2 rings (SSSR count). The predicted molar refractivity (Wildman–Crippen MR) is 108 cm³/mol. The maximum absolute atomic E-state index is 12.3. The van der Waals surface area contributed by atoms with Gasteiger partial charge in [-0.1, -0.05) is 11.8 Å². The molecule has 0 aliphatic rings. The number of nitrogens with two attached hydrogens (primary N) is 1. The van der Waals surface area contributed by atoms with Crippen LogP contribution < -0.4 is 10.6 Å². The third kappa shape index (κ3) is 5.16. The van der Waals surface area contributed by atoms with Gasteiger partial charge in [0.2, 0.25) is 17.0 Å². The minimum Gasteiger partial charge on any atom is -0.497 e. The lowest BCUT2D eigenvalue weighted by molar-refractivity contribution is -0.137. The lowest BCUT2D eigenvalue weighted by Crippen LogP contribution is -2.41. The summed E-state index contributed by atoms with van der Waals surface area (Å²) in [4.78, 5) is 27.6. The van der Waals surface area contributed by atoms with Crippen molar-refractivity contribution in [3.8, 4) is 17.1 Å². The number of carbonyl (C=O) groups is 2. The van der Waals surface area contributed by atoms with Crippen LogP contribution in [0.25, 0.3) is 11.4 Å². The zero-order chi connectivity index (χ0) is 20.7. The van der Waals surface area contributed by atoms with Crippen LogP contribution in [-0.4, -0.2) is 76.0 Å². The van der Waals surface area contributed by atoms with Gasteiger partial charge in [-0.25, -0.2) is 4.68 Å². The Morgan fingerprint density at radius 2 is 1.79 bits per heavy atom. The monoisotopic (exact) mass is 406 g/mol. The lowest BCUT2D eigenvalue weighted by Gasteiger charge is -2.23. The smallest absolute Gasteiger partial charge is 0.242 e. The van der Waals surface area contributed by atoms with Crippen molar-refractivity contribution in [2.45, 2.75) is 19.0 Å². The van der Waals surface area contributed by atoms with Crippen LogP contribution in [0.5, 0.6) is 5.75 Å². The number of aromatic nitrogens is 3. The van der Waals surface area contributed by atoms with Gasteiger partial charge in [0.15, 0.2) is 5.82 Å². The first-order chi connectivity index (χ1) is 13.4. The average molecular weight is 407 g/mol. The molecule has 0 bridgehead atoms. The van der Waals surface area contributed by atoms with E-state index in [9.17, 15) is 9.59 Å². The van der Waals surface area contributed by atoms with Crippen molar-refractivity contribution in [1.82, 2.24) is 24.7 Å². The number of likely N-dealkylation sites (N-methyl/N-ethyl adjacent to an activating group) is 2. The zero-order valence-corrected chi connectivity index (χ0v) is 17.4. The predicted octanol–water partition coefficient (Wildman–Crippen LogP) is 1.09. The van der Waals surface area contributed by atoms with E-state index in [1.165, 1.54) is 21.3 Å². The van der Waals surface area contributed by atoms with E-state index in [2.05, 4.69) is 10.2 Å². The van der Waals surface area contributed by atoms with Gasteiger partial charge in [0.1, 0.15) is 5.75 Å². The molecule has 10 heteroatoms. The third-order valence-corrected chi connectivity index (χ3v) is 5.18.